The zero-order valence-electron chi connectivity index (χ0n) is 29.7. The molecule has 0 aliphatic rings. The monoisotopic (exact) mass is 844 g/mol. The molecule has 4 aromatic carbocycles. The van der Waals surface area contributed by atoms with Gasteiger partial charge < -0.3 is 9.97 Å². The number of hydrogen-bond acceptors (Lipinski definition) is 2. The fourth-order valence-electron chi connectivity index (χ4n) is 5.34. The third kappa shape index (κ3) is 9.42. The van der Waals surface area contributed by atoms with E-state index in [0.29, 0.717) is 0 Å². The molecular weight excluding hydrogens is 800 g/mol. The summed E-state index contributed by atoms with van der Waals surface area (Å²) in [6.07, 6.45) is 3.94. The molecule has 2 nitrogen and oxygen atoms in total. The summed E-state index contributed by atoms with van der Waals surface area (Å²) in [5.41, 5.74) is 7.81. The maximum atomic E-state index is 13.2. The van der Waals surface area contributed by atoms with Gasteiger partial charge >= 0.3 is 0 Å². The van der Waals surface area contributed by atoms with Gasteiger partial charge in [-0.05, 0) is 38.5 Å². The van der Waals surface area contributed by atoms with Crippen LogP contribution < -0.4 is 10.4 Å². The number of rotatable bonds is 7. The van der Waals surface area contributed by atoms with E-state index < -0.39 is 22.0 Å². The van der Waals surface area contributed by atoms with Crippen molar-refractivity contribution in [3.05, 3.63) is 157 Å². The van der Waals surface area contributed by atoms with Crippen LogP contribution in [-0.2, 0) is 20.1 Å². The zero-order valence-corrected chi connectivity index (χ0v) is 33.1. The molecule has 0 N–H and O–H groups in total. The first-order valence-corrected chi connectivity index (χ1v) is 23.0. The van der Waals surface area contributed by atoms with Crippen molar-refractivity contribution >= 4 is 26.5 Å². The van der Waals surface area contributed by atoms with Crippen molar-refractivity contribution in [2.24, 2.45) is 0 Å². The smallest absolute Gasteiger partial charge is 0.0799 e. The summed E-state index contributed by atoms with van der Waals surface area (Å²) in [7, 11) is -3.00. The van der Waals surface area contributed by atoms with Crippen molar-refractivity contribution in [3.8, 4) is 33.6 Å². The molecule has 0 spiro atoms. The molecule has 0 aliphatic carbocycles. The van der Waals surface area contributed by atoms with E-state index in [9.17, 15) is 4.39 Å². The molecule has 6 rings (SSSR count). The fraction of sp³-hybridized carbons (Fsp3) is 0.190. The van der Waals surface area contributed by atoms with E-state index in [1.54, 1.807) is 6.07 Å². The van der Waals surface area contributed by atoms with Gasteiger partial charge in [0.2, 0.25) is 0 Å². The van der Waals surface area contributed by atoms with Crippen molar-refractivity contribution in [1.29, 1.82) is 0 Å². The second-order valence-corrected chi connectivity index (χ2v) is 23.9. The van der Waals surface area contributed by atoms with Gasteiger partial charge in [-0.2, -0.15) is 0 Å². The molecule has 1 radical (unpaired) electrons. The Labute approximate surface area is 303 Å². The maximum absolute atomic E-state index is 13.2. The van der Waals surface area contributed by atoms with Gasteiger partial charge in [-0.25, -0.2) is 0 Å². The fourth-order valence-corrected chi connectivity index (χ4v) is 7.90. The number of pyridine rings is 2. The molecule has 1 atom stereocenters. The first-order chi connectivity index (χ1) is 22.7. The van der Waals surface area contributed by atoms with Gasteiger partial charge in [0.05, 0.1) is 16.1 Å². The Morgan fingerprint density at radius 3 is 1.92 bits per heavy atom. The van der Waals surface area contributed by atoms with Crippen LogP contribution in [0.3, 0.4) is 0 Å². The first kappa shape index (κ1) is 35.5. The van der Waals surface area contributed by atoms with Crippen LogP contribution in [0.5, 0.6) is 0 Å². The van der Waals surface area contributed by atoms with Gasteiger partial charge in [-0.3, -0.25) is 4.39 Å². The Morgan fingerprint density at radius 1 is 0.667 bits per heavy atom. The van der Waals surface area contributed by atoms with Gasteiger partial charge in [-0.15, -0.1) is 65.2 Å². The molecule has 6 heteroatoms. The van der Waals surface area contributed by atoms with Crippen LogP contribution in [0.25, 0.3) is 33.6 Å². The molecule has 0 amide bonds. The van der Waals surface area contributed by atoms with E-state index in [1.807, 2.05) is 67.8 Å². The third-order valence-electron chi connectivity index (χ3n) is 8.19. The van der Waals surface area contributed by atoms with E-state index >= 15 is 0 Å². The summed E-state index contributed by atoms with van der Waals surface area (Å²) >= 11 is 0. The van der Waals surface area contributed by atoms with Crippen LogP contribution in [0.2, 0.25) is 39.3 Å². The van der Waals surface area contributed by atoms with E-state index in [1.165, 1.54) is 33.6 Å². The maximum Gasteiger partial charge on any atom is 0.0799 e. The van der Waals surface area contributed by atoms with E-state index in [-0.39, 0.29) is 25.9 Å². The van der Waals surface area contributed by atoms with Crippen molar-refractivity contribution < 1.29 is 25.9 Å². The largest absolute Gasteiger partial charge is 0.305 e. The minimum Gasteiger partial charge on any atom is -0.305 e. The van der Waals surface area contributed by atoms with E-state index in [0.717, 1.165) is 33.6 Å². The van der Waals surface area contributed by atoms with Crippen molar-refractivity contribution in [2.45, 2.75) is 52.1 Å². The molecular formula is C42H43FIrN2Si2-2. The minimum absolute atomic E-state index is 0. The van der Waals surface area contributed by atoms with Crippen molar-refractivity contribution in [1.82, 2.24) is 9.97 Å². The van der Waals surface area contributed by atoms with Crippen LogP contribution in [0.4, 0.5) is 4.39 Å². The summed E-state index contributed by atoms with van der Waals surface area (Å²) in [5.74, 6) is -1.21. The molecule has 2 aromatic heterocycles. The summed E-state index contributed by atoms with van der Waals surface area (Å²) in [6.45, 7) is 15.7. The summed E-state index contributed by atoms with van der Waals surface area (Å²) in [5, 5.41) is 2.56. The second-order valence-electron chi connectivity index (χ2n) is 13.8. The Bertz CT molecular complexity index is 1950. The molecule has 48 heavy (non-hydrogen) atoms. The molecule has 0 bridgehead atoms. The van der Waals surface area contributed by atoms with Crippen molar-refractivity contribution in [2.75, 3.05) is 0 Å². The quantitative estimate of drug-likeness (QED) is 0.118. The predicted octanol–water partition coefficient (Wildman–Crippen LogP) is 10.1. The van der Waals surface area contributed by atoms with Crippen molar-refractivity contribution in [3.63, 3.8) is 0 Å². The first-order valence-electron chi connectivity index (χ1n) is 16.5. The van der Waals surface area contributed by atoms with Gasteiger partial charge in [-0.1, -0.05) is 125 Å². The summed E-state index contributed by atoms with van der Waals surface area (Å²) in [4.78, 5) is 9.26. The number of aromatic nitrogens is 2. The normalized spacial score (nSPS) is 12.9. The average Bonchev–Trinajstić information content (AvgIpc) is 3.09. The van der Waals surface area contributed by atoms with Gasteiger partial charge in [0.15, 0.2) is 0 Å². The summed E-state index contributed by atoms with van der Waals surface area (Å²) < 4.78 is 22.4. The molecule has 247 valence electrons. The zero-order chi connectivity index (χ0) is 34.5. The van der Waals surface area contributed by atoms with E-state index in [4.69, 9.17) is 1.37 Å². The van der Waals surface area contributed by atoms with Crippen LogP contribution in [0, 0.1) is 17.9 Å². The molecule has 6 aromatic rings. The second kappa shape index (κ2) is 16.1. The topological polar surface area (TPSA) is 25.8 Å². The average molecular weight is 844 g/mol. The number of nitrogens with zero attached hydrogens (tertiary/aromatic N) is 2. The van der Waals surface area contributed by atoms with Gasteiger partial charge in [0, 0.05) is 45.6 Å². The van der Waals surface area contributed by atoms with Crippen LogP contribution in [0.1, 0.15) is 25.3 Å². The number of halogens is 1. The SMILES string of the molecule is C[Si](C)(C)c1ccc(-c2[c-]ccc(-c3ccccc3)c2)nc1.[2H]C(C)(c1ccccc1)c1cc(-c2[c-]cc(F)cc2)ncc1[Si](C)(C)C.[Ir]. The van der Waals surface area contributed by atoms with E-state index in [2.05, 4.69) is 110 Å². The standard InChI is InChI=1S/C22H23FNSi.C20H20NSi.Ir/c1-16(17-8-6-5-7-9-17)20-14-21(18-10-12-19(23)13-11-18)24-15-22(20)25(2,3)4;1-22(2,3)19-12-13-20(21-15-19)18-11-7-10-17(14-18)16-8-5-4-6-9-16;/h5-10,12-16H,1-4H3;4-10,12-15H,1-3H3;/q2*-1;/i16D;;. The van der Waals surface area contributed by atoms with Crippen LogP contribution in [0.15, 0.2) is 128 Å². The Morgan fingerprint density at radius 2 is 1.33 bits per heavy atom. The Balaban J connectivity index is 0.000000219. The third-order valence-corrected chi connectivity index (χ3v) is 12.2. The number of hydrogen-bond donors (Lipinski definition) is 0. The van der Waals surface area contributed by atoms with Gasteiger partial charge in [0.1, 0.15) is 0 Å². The Kier molecular flexibility index (Phi) is 11.9. The van der Waals surface area contributed by atoms with Crippen LogP contribution in [-0.4, -0.2) is 26.1 Å². The molecule has 0 aliphatic heterocycles. The van der Waals surface area contributed by atoms with Gasteiger partial charge in [0.25, 0.3) is 0 Å². The molecule has 0 saturated heterocycles. The molecule has 2 heterocycles. The molecule has 0 saturated carbocycles. The molecule has 0 fully saturated rings. The Hall–Kier alpha value is -3.81. The van der Waals surface area contributed by atoms with Crippen LogP contribution >= 0.6 is 0 Å². The summed E-state index contributed by atoms with van der Waals surface area (Å²) in [6, 6.07) is 43.5. The minimum atomic E-state index is -1.71. The predicted molar refractivity (Wildman–Crippen MR) is 202 cm³/mol. The molecule has 1 unspecified atom stereocenters. The number of benzene rings is 4.